The molecule has 1 N–H and O–H groups in total. The number of rotatable bonds is 3. The Morgan fingerprint density at radius 3 is 2.33 bits per heavy atom. The smallest absolute Gasteiger partial charge is 0.255 e. The highest BCUT2D eigenvalue weighted by molar-refractivity contribution is 6.33. The topological polar surface area (TPSA) is 32.3 Å². The predicted molar refractivity (Wildman–Crippen MR) is 85.8 cm³/mol. The molecule has 1 heterocycles. The van der Waals surface area contributed by atoms with Crippen LogP contribution in [0.1, 0.15) is 48.9 Å². The summed E-state index contributed by atoms with van der Waals surface area (Å²) < 4.78 is 0. The van der Waals surface area contributed by atoms with E-state index in [9.17, 15) is 4.79 Å². The lowest BCUT2D eigenvalue weighted by Crippen LogP contribution is -2.47. The van der Waals surface area contributed by atoms with Crippen LogP contribution in [0.2, 0.25) is 5.02 Å². The number of hydrogen-bond acceptors (Lipinski definition) is 2. The van der Waals surface area contributed by atoms with Crippen molar-refractivity contribution >= 4 is 17.5 Å². The average Bonchev–Trinajstić information content (AvgIpc) is 3.01. The van der Waals surface area contributed by atoms with Crippen molar-refractivity contribution < 1.29 is 4.79 Å². The molecule has 1 aromatic rings. The van der Waals surface area contributed by atoms with Crippen LogP contribution in [0.3, 0.4) is 0 Å². The number of nitrogens with one attached hydrogen (secondary N) is 1. The van der Waals surface area contributed by atoms with Gasteiger partial charge in [-0.1, -0.05) is 36.6 Å². The molecule has 3 rings (SSSR count). The van der Waals surface area contributed by atoms with E-state index in [4.69, 9.17) is 11.6 Å². The largest absolute Gasteiger partial charge is 0.338 e. The molecule has 0 atom stereocenters. The number of amides is 1. The van der Waals surface area contributed by atoms with Crippen LogP contribution >= 0.6 is 11.6 Å². The number of carbonyl (C=O) groups is 1. The molecule has 1 saturated carbocycles. The van der Waals surface area contributed by atoms with E-state index in [0.29, 0.717) is 22.7 Å². The Kier molecular flexibility index (Phi) is 4.81. The van der Waals surface area contributed by atoms with Gasteiger partial charge in [-0.3, -0.25) is 4.79 Å². The Hall–Kier alpha value is -1.06. The third kappa shape index (κ3) is 3.58. The summed E-state index contributed by atoms with van der Waals surface area (Å²) in [5, 5.41) is 4.31. The van der Waals surface area contributed by atoms with E-state index in [2.05, 4.69) is 5.32 Å². The third-order valence-corrected chi connectivity index (χ3v) is 5.04. The molecular formula is C17H23ClN2O. The van der Waals surface area contributed by atoms with Gasteiger partial charge in [-0.15, -0.1) is 0 Å². The highest BCUT2D eigenvalue weighted by atomic mass is 35.5. The van der Waals surface area contributed by atoms with Crippen molar-refractivity contribution in [3.63, 3.8) is 0 Å². The summed E-state index contributed by atoms with van der Waals surface area (Å²) in [4.78, 5) is 14.4. The molecule has 1 aliphatic heterocycles. The minimum atomic E-state index is 0.0694. The number of carbonyl (C=O) groups excluding carboxylic acids is 1. The maximum atomic E-state index is 12.5. The van der Waals surface area contributed by atoms with Crippen LogP contribution in [-0.4, -0.2) is 36.0 Å². The lowest BCUT2D eigenvalue weighted by atomic mass is 10.0. The maximum absolute atomic E-state index is 12.5. The number of piperidine rings is 1. The Balaban J connectivity index is 1.53. The van der Waals surface area contributed by atoms with Crippen molar-refractivity contribution in [2.75, 3.05) is 13.1 Å². The van der Waals surface area contributed by atoms with E-state index >= 15 is 0 Å². The molecule has 3 nitrogen and oxygen atoms in total. The minimum Gasteiger partial charge on any atom is -0.338 e. The molecular weight excluding hydrogens is 284 g/mol. The zero-order valence-electron chi connectivity index (χ0n) is 12.4. The first kappa shape index (κ1) is 14.9. The normalized spacial score (nSPS) is 20.9. The summed E-state index contributed by atoms with van der Waals surface area (Å²) in [5.74, 6) is 0.0694. The molecule has 2 fully saturated rings. The Labute approximate surface area is 131 Å². The summed E-state index contributed by atoms with van der Waals surface area (Å²) in [6.07, 6.45) is 7.46. The first-order chi connectivity index (χ1) is 10.2. The quantitative estimate of drug-likeness (QED) is 0.927. The first-order valence-corrected chi connectivity index (χ1v) is 8.41. The molecule has 0 spiro atoms. The van der Waals surface area contributed by atoms with E-state index < -0.39 is 0 Å². The number of benzene rings is 1. The second-order valence-electron chi connectivity index (χ2n) is 6.19. The highest BCUT2D eigenvalue weighted by Gasteiger charge is 2.26. The number of halogens is 1. The molecule has 21 heavy (non-hydrogen) atoms. The molecule has 1 amide bonds. The van der Waals surface area contributed by atoms with E-state index in [1.54, 1.807) is 6.07 Å². The fraction of sp³-hybridized carbons (Fsp3) is 0.588. The monoisotopic (exact) mass is 306 g/mol. The van der Waals surface area contributed by atoms with Crippen LogP contribution in [0.25, 0.3) is 0 Å². The van der Waals surface area contributed by atoms with Crippen molar-refractivity contribution in [3.05, 3.63) is 34.9 Å². The van der Waals surface area contributed by atoms with Crippen LogP contribution in [0.15, 0.2) is 24.3 Å². The molecule has 1 aromatic carbocycles. The SMILES string of the molecule is O=C(c1ccccc1Cl)N1CCC(NC2CCCC2)CC1. The van der Waals surface area contributed by atoms with Gasteiger partial charge in [0.1, 0.15) is 0 Å². The van der Waals surface area contributed by atoms with Crippen molar-refractivity contribution in [1.29, 1.82) is 0 Å². The van der Waals surface area contributed by atoms with Gasteiger partial charge in [0.15, 0.2) is 0 Å². The molecule has 0 unspecified atom stereocenters. The average molecular weight is 307 g/mol. The fourth-order valence-electron chi connectivity index (χ4n) is 3.48. The van der Waals surface area contributed by atoms with Crippen molar-refractivity contribution in [1.82, 2.24) is 10.2 Å². The minimum absolute atomic E-state index is 0.0694. The first-order valence-electron chi connectivity index (χ1n) is 8.04. The van der Waals surface area contributed by atoms with E-state index in [-0.39, 0.29) is 5.91 Å². The molecule has 2 aliphatic rings. The molecule has 114 valence electrons. The van der Waals surface area contributed by atoms with Gasteiger partial charge < -0.3 is 10.2 Å². The Bertz CT molecular complexity index is 491. The van der Waals surface area contributed by atoms with Crippen LogP contribution in [-0.2, 0) is 0 Å². The van der Waals surface area contributed by atoms with E-state index in [1.165, 1.54) is 25.7 Å². The van der Waals surface area contributed by atoms with Crippen molar-refractivity contribution in [2.24, 2.45) is 0 Å². The molecule has 1 saturated heterocycles. The number of nitrogens with zero attached hydrogens (tertiary/aromatic N) is 1. The zero-order valence-corrected chi connectivity index (χ0v) is 13.1. The molecule has 0 radical (unpaired) electrons. The van der Waals surface area contributed by atoms with Gasteiger partial charge in [0.25, 0.3) is 5.91 Å². The maximum Gasteiger partial charge on any atom is 0.255 e. The lowest BCUT2D eigenvalue weighted by molar-refractivity contribution is 0.0702. The summed E-state index contributed by atoms with van der Waals surface area (Å²) in [5.41, 5.74) is 0.626. The molecule has 1 aliphatic carbocycles. The summed E-state index contributed by atoms with van der Waals surface area (Å²) in [6.45, 7) is 1.66. The van der Waals surface area contributed by atoms with Gasteiger partial charge in [0, 0.05) is 25.2 Å². The number of hydrogen-bond donors (Lipinski definition) is 1. The predicted octanol–water partition coefficient (Wildman–Crippen LogP) is 3.48. The fourth-order valence-corrected chi connectivity index (χ4v) is 3.70. The van der Waals surface area contributed by atoms with Gasteiger partial charge in [0.2, 0.25) is 0 Å². The third-order valence-electron chi connectivity index (χ3n) is 4.71. The standard InChI is InChI=1S/C17H23ClN2O/c18-16-8-4-3-7-15(16)17(21)20-11-9-14(10-12-20)19-13-5-1-2-6-13/h3-4,7-8,13-14,19H,1-2,5-6,9-12H2. The number of likely N-dealkylation sites (tertiary alicyclic amines) is 1. The zero-order chi connectivity index (χ0) is 14.7. The lowest BCUT2D eigenvalue weighted by Gasteiger charge is -2.34. The second-order valence-corrected chi connectivity index (χ2v) is 6.60. The van der Waals surface area contributed by atoms with Gasteiger partial charge in [-0.05, 0) is 37.8 Å². The molecule has 0 aromatic heterocycles. The van der Waals surface area contributed by atoms with Gasteiger partial charge in [0.05, 0.1) is 10.6 Å². The van der Waals surface area contributed by atoms with Gasteiger partial charge >= 0.3 is 0 Å². The molecule has 4 heteroatoms. The van der Waals surface area contributed by atoms with Crippen LogP contribution in [0.5, 0.6) is 0 Å². The van der Waals surface area contributed by atoms with Gasteiger partial charge in [-0.25, -0.2) is 0 Å². The molecule has 0 bridgehead atoms. The van der Waals surface area contributed by atoms with Crippen molar-refractivity contribution in [3.8, 4) is 0 Å². The summed E-state index contributed by atoms with van der Waals surface area (Å²) >= 11 is 6.12. The Morgan fingerprint density at radius 2 is 1.67 bits per heavy atom. The van der Waals surface area contributed by atoms with Crippen LogP contribution in [0.4, 0.5) is 0 Å². The van der Waals surface area contributed by atoms with Gasteiger partial charge in [-0.2, -0.15) is 0 Å². The van der Waals surface area contributed by atoms with Crippen LogP contribution < -0.4 is 5.32 Å². The second kappa shape index (κ2) is 6.80. The highest BCUT2D eigenvalue weighted by Crippen LogP contribution is 2.22. The summed E-state index contributed by atoms with van der Waals surface area (Å²) in [7, 11) is 0. The van der Waals surface area contributed by atoms with Crippen molar-refractivity contribution in [2.45, 2.75) is 50.6 Å². The van der Waals surface area contributed by atoms with E-state index in [1.807, 2.05) is 23.1 Å². The Morgan fingerprint density at radius 1 is 1.05 bits per heavy atom. The summed E-state index contributed by atoms with van der Waals surface area (Å²) in [6, 6.07) is 8.60. The van der Waals surface area contributed by atoms with E-state index in [0.717, 1.165) is 25.9 Å². The van der Waals surface area contributed by atoms with Crippen LogP contribution in [0, 0.1) is 0 Å².